The summed E-state index contributed by atoms with van der Waals surface area (Å²) >= 11 is 0. The molecule has 0 saturated heterocycles. The molecular weight excluding hydrogens is 323 g/mol. The molecule has 0 spiro atoms. The topological polar surface area (TPSA) is 61.3 Å². The summed E-state index contributed by atoms with van der Waals surface area (Å²) in [6.07, 6.45) is 0. The van der Waals surface area contributed by atoms with Gasteiger partial charge in [-0.15, -0.1) is 0 Å². The van der Waals surface area contributed by atoms with Crippen LogP contribution in [0.5, 0.6) is 5.75 Å². The molecule has 2 aromatic carbocycles. The van der Waals surface area contributed by atoms with Gasteiger partial charge in [0, 0.05) is 5.56 Å². The molecule has 0 radical (unpaired) electrons. The van der Waals surface area contributed by atoms with Crippen molar-refractivity contribution in [3.8, 4) is 5.75 Å². The van der Waals surface area contributed by atoms with E-state index in [2.05, 4.69) is 9.97 Å². The van der Waals surface area contributed by atoms with E-state index in [4.69, 9.17) is 9.47 Å². The van der Waals surface area contributed by atoms with Crippen LogP contribution in [-0.2, 0) is 11.3 Å². The highest BCUT2D eigenvalue weighted by Gasteiger charge is 2.12. The number of halogens is 1. The normalized spacial score (nSPS) is 10.7. The Balaban J connectivity index is 1.81. The molecule has 3 rings (SSSR count). The summed E-state index contributed by atoms with van der Waals surface area (Å²) in [6, 6.07) is 9.07. The van der Waals surface area contributed by atoms with Gasteiger partial charge in [0.1, 0.15) is 18.2 Å². The first-order chi connectivity index (χ1) is 12.0. The maximum Gasteiger partial charge on any atom is 0.338 e. The van der Waals surface area contributed by atoms with Crippen molar-refractivity contribution >= 4 is 17.0 Å². The largest absolute Gasteiger partial charge is 0.496 e. The molecule has 0 atom stereocenters. The zero-order valence-electron chi connectivity index (χ0n) is 14.2. The Morgan fingerprint density at radius 3 is 2.48 bits per heavy atom. The van der Waals surface area contributed by atoms with Crippen LogP contribution in [0.25, 0.3) is 11.0 Å². The van der Waals surface area contributed by atoms with E-state index in [-0.39, 0.29) is 6.61 Å². The number of ether oxygens (including phenoxy) is 2. The average Bonchev–Trinajstić information content (AvgIpc) is 2.60. The smallest absolute Gasteiger partial charge is 0.338 e. The molecule has 5 nitrogen and oxygen atoms in total. The van der Waals surface area contributed by atoms with Crippen LogP contribution in [0.15, 0.2) is 36.4 Å². The minimum atomic E-state index is -0.520. The molecule has 0 N–H and O–H groups in total. The summed E-state index contributed by atoms with van der Waals surface area (Å²) in [6.45, 7) is 3.66. The van der Waals surface area contributed by atoms with Crippen LogP contribution >= 0.6 is 0 Å². The molecule has 0 aliphatic carbocycles. The van der Waals surface area contributed by atoms with Gasteiger partial charge < -0.3 is 9.47 Å². The number of esters is 1. The van der Waals surface area contributed by atoms with Crippen LogP contribution in [0, 0.1) is 19.7 Å². The van der Waals surface area contributed by atoms with Crippen LogP contribution in [0.4, 0.5) is 4.39 Å². The lowest BCUT2D eigenvalue weighted by atomic mass is 10.1. The Hall–Kier alpha value is -3.02. The van der Waals surface area contributed by atoms with Crippen LogP contribution in [0.3, 0.4) is 0 Å². The number of carbonyl (C=O) groups excluding carboxylic acids is 1. The number of hydrogen-bond acceptors (Lipinski definition) is 5. The van der Waals surface area contributed by atoms with E-state index >= 15 is 0 Å². The molecule has 0 unspecified atom stereocenters. The Bertz CT molecular complexity index is 957. The number of carbonyl (C=O) groups is 1. The predicted octanol–water partition coefficient (Wildman–Crippen LogP) is 3.75. The second-order valence-corrected chi connectivity index (χ2v) is 5.63. The number of nitrogens with zero attached hydrogens (tertiary/aromatic N) is 2. The second kappa shape index (κ2) is 6.84. The first kappa shape index (κ1) is 16.8. The molecule has 0 fully saturated rings. The predicted molar refractivity (Wildman–Crippen MR) is 91.1 cm³/mol. The first-order valence-electron chi connectivity index (χ1n) is 7.72. The van der Waals surface area contributed by atoms with Gasteiger partial charge in [0.15, 0.2) is 0 Å². The van der Waals surface area contributed by atoms with E-state index in [1.807, 2.05) is 13.8 Å². The lowest BCUT2D eigenvalue weighted by molar-refractivity contribution is 0.0470. The van der Waals surface area contributed by atoms with Gasteiger partial charge in [-0.2, -0.15) is 0 Å². The van der Waals surface area contributed by atoms with E-state index in [9.17, 15) is 9.18 Å². The minimum absolute atomic E-state index is 0.0869. The molecule has 128 valence electrons. The molecule has 0 aliphatic rings. The van der Waals surface area contributed by atoms with Gasteiger partial charge in [-0.25, -0.2) is 19.2 Å². The third kappa shape index (κ3) is 3.57. The van der Waals surface area contributed by atoms with Crippen molar-refractivity contribution in [2.45, 2.75) is 20.5 Å². The third-order valence-electron chi connectivity index (χ3n) is 3.91. The Labute approximate surface area is 144 Å². The standard InChI is InChI=1S/C19H17FN2O3/c1-11-12(2)22-17-9-13(4-6-16(17)21-11)19(23)25-10-14-8-15(20)5-7-18(14)24-3/h4-9H,10H2,1-3H3. The van der Waals surface area contributed by atoms with Gasteiger partial charge in [-0.3, -0.25) is 0 Å². The molecule has 0 amide bonds. The van der Waals surface area contributed by atoms with Crippen LogP contribution < -0.4 is 4.74 Å². The van der Waals surface area contributed by atoms with Crippen LogP contribution in [0.1, 0.15) is 27.3 Å². The van der Waals surface area contributed by atoms with Crippen molar-refractivity contribution in [1.29, 1.82) is 0 Å². The fraction of sp³-hybridized carbons (Fsp3) is 0.211. The van der Waals surface area contributed by atoms with Gasteiger partial charge in [0.05, 0.1) is 35.1 Å². The number of rotatable bonds is 4. The zero-order valence-corrected chi connectivity index (χ0v) is 14.2. The Morgan fingerprint density at radius 2 is 1.76 bits per heavy atom. The average molecular weight is 340 g/mol. The molecule has 0 bridgehead atoms. The summed E-state index contributed by atoms with van der Waals surface area (Å²) in [7, 11) is 1.48. The van der Waals surface area contributed by atoms with Gasteiger partial charge in [-0.1, -0.05) is 0 Å². The van der Waals surface area contributed by atoms with E-state index in [1.54, 1.807) is 18.2 Å². The number of aromatic nitrogens is 2. The van der Waals surface area contributed by atoms with Crippen molar-refractivity contribution < 1.29 is 18.7 Å². The summed E-state index contributed by atoms with van der Waals surface area (Å²) in [4.78, 5) is 21.2. The van der Waals surface area contributed by atoms with E-state index in [0.717, 1.165) is 11.4 Å². The van der Waals surface area contributed by atoms with Crippen molar-refractivity contribution in [2.24, 2.45) is 0 Å². The molecule has 1 heterocycles. The quantitative estimate of drug-likeness (QED) is 0.677. The van der Waals surface area contributed by atoms with Gasteiger partial charge in [0.25, 0.3) is 0 Å². The van der Waals surface area contributed by atoms with Crippen molar-refractivity contribution in [2.75, 3.05) is 7.11 Å². The molecule has 0 saturated carbocycles. The van der Waals surface area contributed by atoms with Crippen molar-refractivity contribution in [3.05, 3.63) is 64.7 Å². The maximum absolute atomic E-state index is 13.4. The third-order valence-corrected chi connectivity index (χ3v) is 3.91. The van der Waals surface area contributed by atoms with Crippen molar-refractivity contribution in [1.82, 2.24) is 9.97 Å². The molecule has 6 heteroatoms. The van der Waals surface area contributed by atoms with Gasteiger partial charge >= 0.3 is 5.97 Å². The Morgan fingerprint density at radius 1 is 1.04 bits per heavy atom. The number of fused-ring (bicyclic) bond motifs is 1. The summed E-state index contributed by atoms with van der Waals surface area (Å²) < 4.78 is 23.8. The number of hydrogen-bond donors (Lipinski definition) is 0. The van der Waals surface area contributed by atoms with Crippen molar-refractivity contribution in [3.63, 3.8) is 0 Å². The number of aryl methyl sites for hydroxylation is 2. The minimum Gasteiger partial charge on any atom is -0.496 e. The lowest BCUT2D eigenvalue weighted by Crippen LogP contribution is -2.07. The van der Waals surface area contributed by atoms with Crippen LogP contribution in [0.2, 0.25) is 0 Å². The zero-order chi connectivity index (χ0) is 18.0. The SMILES string of the molecule is COc1ccc(F)cc1COC(=O)c1ccc2nc(C)c(C)nc2c1. The van der Waals surface area contributed by atoms with E-state index < -0.39 is 11.8 Å². The van der Waals surface area contributed by atoms with Gasteiger partial charge in [-0.05, 0) is 50.2 Å². The molecule has 0 aliphatic heterocycles. The highest BCUT2D eigenvalue weighted by molar-refractivity contribution is 5.93. The Kier molecular flexibility index (Phi) is 4.61. The number of methoxy groups -OCH3 is 1. The maximum atomic E-state index is 13.4. The molecular formula is C19H17FN2O3. The summed E-state index contributed by atoms with van der Waals surface area (Å²) in [5.74, 6) is -0.475. The highest BCUT2D eigenvalue weighted by Crippen LogP contribution is 2.21. The summed E-state index contributed by atoms with van der Waals surface area (Å²) in [5, 5.41) is 0. The highest BCUT2D eigenvalue weighted by atomic mass is 19.1. The fourth-order valence-electron chi connectivity index (χ4n) is 2.44. The molecule has 3 aromatic rings. The lowest BCUT2D eigenvalue weighted by Gasteiger charge is -2.10. The summed E-state index contributed by atoms with van der Waals surface area (Å²) in [5.41, 5.74) is 3.82. The van der Waals surface area contributed by atoms with E-state index in [0.29, 0.717) is 27.9 Å². The fourth-order valence-corrected chi connectivity index (χ4v) is 2.44. The second-order valence-electron chi connectivity index (χ2n) is 5.63. The van der Waals surface area contributed by atoms with Gasteiger partial charge in [0.2, 0.25) is 0 Å². The van der Waals surface area contributed by atoms with E-state index in [1.165, 1.54) is 25.3 Å². The monoisotopic (exact) mass is 340 g/mol. The molecule has 1 aromatic heterocycles. The number of benzene rings is 2. The van der Waals surface area contributed by atoms with Crippen LogP contribution in [-0.4, -0.2) is 23.0 Å². The molecule has 25 heavy (non-hydrogen) atoms. The first-order valence-corrected chi connectivity index (χ1v) is 7.72.